The molecule has 35 heavy (non-hydrogen) atoms. The number of benzene rings is 2. The number of nitroso groups, excluding NO2 is 1. The summed E-state index contributed by atoms with van der Waals surface area (Å²) in [4.78, 5) is 16.3. The number of fused-ring (bicyclic) bond motifs is 2. The molecule has 0 saturated carbocycles. The molecule has 2 aromatic rings. The molecule has 4 rings (SSSR count). The zero-order valence-corrected chi connectivity index (χ0v) is 21.2. The molecule has 1 heterocycles. The second-order valence-electron chi connectivity index (χ2n) is 9.19. The van der Waals surface area contributed by atoms with Crippen LogP contribution >= 0.6 is 0 Å². The monoisotopic (exact) mass is 481 g/mol. The van der Waals surface area contributed by atoms with E-state index in [0.717, 1.165) is 55.1 Å². The van der Waals surface area contributed by atoms with Gasteiger partial charge in [0.2, 0.25) is 0 Å². The molecule has 2 unspecified atom stereocenters. The quantitative estimate of drug-likeness (QED) is 0.438. The van der Waals surface area contributed by atoms with Crippen molar-refractivity contribution in [2.24, 2.45) is 5.18 Å². The lowest BCUT2D eigenvalue weighted by atomic mass is 9.77. The van der Waals surface area contributed by atoms with Gasteiger partial charge in [0.05, 0.1) is 28.4 Å². The normalized spacial score (nSPS) is 18.3. The van der Waals surface area contributed by atoms with Crippen LogP contribution in [0.25, 0.3) is 6.08 Å². The minimum absolute atomic E-state index is 0.462. The van der Waals surface area contributed by atoms with Gasteiger partial charge in [0.1, 0.15) is 6.04 Å². The van der Waals surface area contributed by atoms with Gasteiger partial charge in [-0.15, -0.1) is 0 Å². The van der Waals surface area contributed by atoms with E-state index in [1.165, 1.54) is 11.1 Å². The van der Waals surface area contributed by atoms with Gasteiger partial charge in [0.25, 0.3) is 0 Å². The van der Waals surface area contributed by atoms with Crippen LogP contribution in [0.1, 0.15) is 40.6 Å². The lowest BCUT2D eigenvalue weighted by molar-refractivity contribution is 0.268. The van der Waals surface area contributed by atoms with E-state index in [-0.39, 0.29) is 0 Å². The van der Waals surface area contributed by atoms with Gasteiger partial charge in [-0.3, -0.25) is 0 Å². The Kier molecular flexibility index (Phi) is 7.80. The molecule has 0 spiro atoms. The highest BCUT2D eigenvalue weighted by Crippen LogP contribution is 2.42. The van der Waals surface area contributed by atoms with Crippen molar-refractivity contribution in [3.05, 3.63) is 57.6 Å². The summed E-state index contributed by atoms with van der Waals surface area (Å²) in [5, 5.41) is 3.42. The van der Waals surface area contributed by atoms with Crippen molar-refractivity contribution in [3.63, 3.8) is 0 Å². The predicted octanol–water partition coefficient (Wildman–Crippen LogP) is 4.48. The van der Waals surface area contributed by atoms with Gasteiger partial charge in [-0.1, -0.05) is 5.18 Å². The minimum atomic E-state index is -0.462. The van der Waals surface area contributed by atoms with E-state index in [4.69, 9.17) is 18.9 Å². The van der Waals surface area contributed by atoms with E-state index in [9.17, 15) is 4.91 Å². The van der Waals surface area contributed by atoms with Gasteiger partial charge in [-0.2, -0.15) is 4.91 Å². The van der Waals surface area contributed by atoms with Crippen LogP contribution in [-0.4, -0.2) is 71.5 Å². The predicted molar refractivity (Wildman–Crippen MR) is 137 cm³/mol. The highest BCUT2D eigenvalue weighted by Gasteiger charge is 2.29. The van der Waals surface area contributed by atoms with E-state index in [2.05, 4.69) is 40.4 Å². The zero-order valence-electron chi connectivity index (χ0n) is 21.2. The van der Waals surface area contributed by atoms with E-state index in [1.54, 1.807) is 28.4 Å². The van der Waals surface area contributed by atoms with Gasteiger partial charge in [0.15, 0.2) is 23.0 Å². The lowest BCUT2D eigenvalue weighted by Crippen LogP contribution is -2.33. The van der Waals surface area contributed by atoms with Crippen LogP contribution in [0.3, 0.4) is 0 Å². The standard InChI is InChI=1S/C27H35N3O5/c1-29(16-20-11-19-13-25(33-3)26(34-4)14-21(19)20)8-6-9-30-10-7-18-12-24(32-2)27(35-5)15-22(18)23(17-30)28-31/h7,10,12-15,20,23H,6,8-9,11,16-17H2,1-5H3. The summed E-state index contributed by atoms with van der Waals surface area (Å²) < 4.78 is 21.7. The summed E-state index contributed by atoms with van der Waals surface area (Å²) >= 11 is 0. The smallest absolute Gasteiger partial charge is 0.161 e. The lowest BCUT2D eigenvalue weighted by Gasteiger charge is -2.34. The molecule has 1 aliphatic carbocycles. The number of hydrogen-bond donors (Lipinski definition) is 0. The molecule has 2 atom stereocenters. The van der Waals surface area contributed by atoms with Crippen LogP contribution in [0.2, 0.25) is 0 Å². The van der Waals surface area contributed by atoms with Crippen LogP contribution in [0.5, 0.6) is 23.0 Å². The minimum Gasteiger partial charge on any atom is -0.493 e. The second kappa shape index (κ2) is 11.0. The van der Waals surface area contributed by atoms with Crippen molar-refractivity contribution in [2.75, 3.05) is 61.7 Å². The van der Waals surface area contributed by atoms with Gasteiger partial charge >= 0.3 is 0 Å². The fourth-order valence-electron chi connectivity index (χ4n) is 5.08. The molecular formula is C27H35N3O5. The molecule has 188 valence electrons. The molecule has 8 heteroatoms. The van der Waals surface area contributed by atoms with Crippen molar-refractivity contribution in [2.45, 2.75) is 24.8 Å². The first-order valence-electron chi connectivity index (χ1n) is 11.9. The van der Waals surface area contributed by atoms with Crippen LogP contribution in [0.4, 0.5) is 0 Å². The molecule has 0 radical (unpaired) electrons. The van der Waals surface area contributed by atoms with Crippen LogP contribution < -0.4 is 18.9 Å². The summed E-state index contributed by atoms with van der Waals surface area (Å²) in [6, 6.07) is 7.52. The molecule has 2 aliphatic rings. The number of likely N-dealkylation sites (N-methyl/N-ethyl adjacent to an activating group) is 1. The van der Waals surface area contributed by atoms with Crippen molar-refractivity contribution < 1.29 is 18.9 Å². The van der Waals surface area contributed by atoms with Crippen molar-refractivity contribution in [1.82, 2.24) is 9.80 Å². The van der Waals surface area contributed by atoms with E-state index >= 15 is 0 Å². The van der Waals surface area contributed by atoms with E-state index in [0.29, 0.717) is 24.0 Å². The molecule has 0 bridgehead atoms. The number of methoxy groups -OCH3 is 4. The third kappa shape index (κ3) is 5.22. The van der Waals surface area contributed by atoms with Gasteiger partial charge in [-0.25, -0.2) is 0 Å². The Morgan fingerprint density at radius 3 is 2.23 bits per heavy atom. The summed E-state index contributed by atoms with van der Waals surface area (Å²) in [6.07, 6.45) is 6.13. The fraction of sp³-hybridized carbons (Fsp3) is 0.481. The SMILES string of the molecule is COc1cc2c(cc1OC)C(N=O)CN(CCCN(C)CC1Cc3cc(OC)c(OC)cc31)C=C2. The number of rotatable bonds is 11. The Labute approximate surface area is 207 Å². The first-order chi connectivity index (χ1) is 17.0. The molecule has 0 saturated heterocycles. The largest absolute Gasteiger partial charge is 0.493 e. The van der Waals surface area contributed by atoms with Crippen LogP contribution in [0, 0.1) is 4.91 Å². The molecule has 8 nitrogen and oxygen atoms in total. The highest BCUT2D eigenvalue weighted by molar-refractivity contribution is 5.62. The molecule has 0 aromatic heterocycles. The highest BCUT2D eigenvalue weighted by atomic mass is 16.5. The fourth-order valence-corrected chi connectivity index (χ4v) is 5.08. The average Bonchev–Trinajstić information content (AvgIpc) is 3.04. The van der Waals surface area contributed by atoms with E-state index in [1.807, 2.05) is 18.2 Å². The Balaban J connectivity index is 1.32. The summed E-state index contributed by atoms with van der Waals surface area (Å²) in [5.41, 5.74) is 4.50. The molecular weight excluding hydrogens is 446 g/mol. The van der Waals surface area contributed by atoms with Crippen molar-refractivity contribution in [3.8, 4) is 23.0 Å². The Morgan fingerprint density at radius 2 is 1.57 bits per heavy atom. The molecule has 1 aliphatic heterocycles. The van der Waals surface area contributed by atoms with Crippen molar-refractivity contribution >= 4 is 6.08 Å². The maximum absolute atomic E-state index is 11.7. The topological polar surface area (TPSA) is 72.8 Å². The number of nitrogens with zero attached hydrogens (tertiary/aromatic N) is 3. The molecule has 2 aromatic carbocycles. The van der Waals surface area contributed by atoms with Gasteiger partial charge in [0, 0.05) is 25.6 Å². The molecule has 0 amide bonds. The number of hydrogen-bond acceptors (Lipinski definition) is 8. The maximum Gasteiger partial charge on any atom is 0.161 e. The molecule has 0 fully saturated rings. The molecule has 0 N–H and O–H groups in total. The zero-order chi connectivity index (χ0) is 24.9. The van der Waals surface area contributed by atoms with Gasteiger partial charge in [-0.05, 0) is 85.2 Å². The second-order valence-corrected chi connectivity index (χ2v) is 9.19. The van der Waals surface area contributed by atoms with Gasteiger partial charge < -0.3 is 28.7 Å². The number of ether oxygens (including phenoxy) is 4. The first-order valence-corrected chi connectivity index (χ1v) is 11.9. The summed E-state index contributed by atoms with van der Waals surface area (Å²) in [5.74, 6) is 3.35. The first kappa shape index (κ1) is 24.9. The van der Waals surface area contributed by atoms with Crippen LogP contribution in [-0.2, 0) is 6.42 Å². The Morgan fingerprint density at radius 1 is 0.943 bits per heavy atom. The van der Waals surface area contributed by atoms with E-state index < -0.39 is 6.04 Å². The third-order valence-electron chi connectivity index (χ3n) is 7.02. The summed E-state index contributed by atoms with van der Waals surface area (Å²) in [6.45, 7) is 3.37. The maximum atomic E-state index is 11.7. The average molecular weight is 482 g/mol. The Bertz CT molecular complexity index is 1090. The Hall–Kier alpha value is -3.26. The third-order valence-corrected chi connectivity index (χ3v) is 7.02. The summed E-state index contributed by atoms with van der Waals surface area (Å²) in [7, 11) is 8.73. The van der Waals surface area contributed by atoms with Crippen LogP contribution in [0.15, 0.2) is 35.6 Å². The van der Waals surface area contributed by atoms with Crippen molar-refractivity contribution in [1.29, 1.82) is 0 Å².